The van der Waals surface area contributed by atoms with E-state index in [9.17, 15) is 8.42 Å². The lowest BCUT2D eigenvalue weighted by molar-refractivity contribution is 0.0195. The Morgan fingerprint density at radius 1 is 0.926 bits per heavy atom. The molecule has 0 bridgehead atoms. The third-order valence-electron chi connectivity index (χ3n) is 7.26. The molecule has 3 atom stereocenters. The highest BCUT2D eigenvalue weighted by atomic mass is 32.2. The minimum absolute atomic E-state index is 0.165. The molecule has 0 spiro atoms. The second kappa shape index (κ2) is 7.14. The number of rotatable bonds is 2. The molecular weight excluding hydrogens is 358 g/mol. The van der Waals surface area contributed by atoms with Crippen molar-refractivity contribution in [1.82, 2.24) is 13.5 Å². The van der Waals surface area contributed by atoms with Gasteiger partial charge in [0, 0.05) is 44.8 Å². The summed E-state index contributed by atoms with van der Waals surface area (Å²) in [7, 11) is -3.32. The molecule has 3 fully saturated rings. The zero-order chi connectivity index (χ0) is 18.4. The van der Waals surface area contributed by atoms with Crippen molar-refractivity contribution in [2.45, 2.75) is 57.0 Å². The van der Waals surface area contributed by atoms with Crippen molar-refractivity contribution in [3.63, 3.8) is 0 Å². The first-order valence-electron chi connectivity index (χ1n) is 10.7. The molecule has 0 aliphatic carbocycles. The summed E-state index contributed by atoms with van der Waals surface area (Å²) >= 11 is 0. The molecule has 0 N–H and O–H groups in total. The Hall–Kier alpha value is -0.950. The van der Waals surface area contributed by atoms with Crippen LogP contribution in [0.5, 0.6) is 0 Å². The largest absolute Gasteiger partial charge is 0.296 e. The molecule has 0 aromatic heterocycles. The van der Waals surface area contributed by atoms with Gasteiger partial charge in [0.05, 0.1) is 0 Å². The van der Waals surface area contributed by atoms with Crippen LogP contribution >= 0.6 is 0 Å². The highest BCUT2D eigenvalue weighted by molar-refractivity contribution is 7.86. The molecule has 1 aromatic rings. The third kappa shape index (κ3) is 3.15. The standard InChI is InChI=1S/C21H31N3O2S/c25-27(26,23-11-4-1-5-12-23)24-13-6-8-18-16-22-14-10-17-7-2-3-9-19(17)21(22)15-20(18)24/h2-3,7,9,18,20-21H,1,4-6,8,10-16H2/t18-,20+,21+/m1/s1. The van der Waals surface area contributed by atoms with Crippen molar-refractivity contribution in [3.8, 4) is 0 Å². The van der Waals surface area contributed by atoms with Gasteiger partial charge in [-0.3, -0.25) is 4.90 Å². The van der Waals surface area contributed by atoms with Gasteiger partial charge >= 0.3 is 0 Å². The number of hydrogen-bond acceptors (Lipinski definition) is 3. The topological polar surface area (TPSA) is 43.9 Å². The molecule has 148 valence electrons. The minimum Gasteiger partial charge on any atom is -0.296 e. The van der Waals surface area contributed by atoms with E-state index in [0.717, 1.165) is 51.6 Å². The summed E-state index contributed by atoms with van der Waals surface area (Å²) in [6.45, 7) is 4.27. The van der Waals surface area contributed by atoms with E-state index in [1.54, 1.807) is 4.31 Å². The van der Waals surface area contributed by atoms with Crippen molar-refractivity contribution < 1.29 is 8.42 Å². The van der Waals surface area contributed by atoms with E-state index in [2.05, 4.69) is 29.2 Å². The summed E-state index contributed by atoms with van der Waals surface area (Å²) in [5.74, 6) is 0.486. The van der Waals surface area contributed by atoms with Crippen LogP contribution in [-0.2, 0) is 16.6 Å². The molecule has 1 aromatic carbocycles. The zero-order valence-corrected chi connectivity index (χ0v) is 16.9. The van der Waals surface area contributed by atoms with Crippen LogP contribution in [0.3, 0.4) is 0 Å². The Bertz CT molecular complexity index is 790. The molecule has 4 aliphatic rings. The highest BCUT2D eigenvalue weighted by Gasteiger charge is 2.47. The number of hydrogen-bond donors (Lipinski definition) is 0. The van der Waals surface area contributed by atoms with Gasteiger partial charge in [0.1, 0.15) is 0 Å². The molecule has 4 heterocycles. The molecule has 0 saturated carbocycles. The Balaban J connectivity index is 1.44. The molecule has 6 heteroatoms. The first-order valence-corrected chi connectivity index (χ1v) is 12.1. The monoisotopic (exact) mass is 389 g/mol. The summed E-state index contributed by atoms with van der Waals surface area (Å²) in [5, 5.41) is 0. The lowest BCUT2D eigenvalue weighted by Crippen LogP contribution is -2.60. The molecule has 0 radical (unpaired) electrons. The van der Waals surface area contributed by atoms with Crippen molar-refractivity contribution in [2.75, 3.05) is 32.7 Å². The maximum atomic E-state index is 13.4. The van der Waals surface area contributed by atoms with Crippen LogP contribution in [0, 0.1) is 5.92 Å². The number of nitrogens with zero attached hydrogens (tertiary/aromatic N) is 3. The molecule has 0 amide bonds. The van der Waals surface area contributed by atoms with E-state index in [4.69, 9.17) is 0 Å². The Labute approximate surface area is 163 Å². The van der Waals surface area contributed by atoms with Crippen LogP contribution in [0.1, 0.15) is 55.7 Å². The quantitative estimate of drug-likeness (QED) is 0.781. The predicted octanol–water partition coefficient (Wildman–Crippen LogP) is 2.80. The van der Waals surface area contributed by atoms with Crippen molar-refractivity contribution in [2.24, 2.45) is 5.92 Å². The van der Waals surface area contributed by atoms with Crippen LogP contribution in [-0.4, -0.2) is 60.7 Å². The maximum Gasteiger partial charge on any atom is 0.282 e. The molecule has 5 nitrogen and oxygen atoms in total. The van der Waals surface area contributed by atoms with Gasteiger partial charge in [-0.2, -0.15) is 17.0 Å². The zero-order valence-electron chi connectivity index (χ0n) is 16.1. The Kier molecular flexibility index (Phi) is 4.79. The van der Waals surface area contributed by atoms with Gasteiger partial charge in [-0.15, -0.1) is 0 Å². The number of piperidine rings is 3. The average Bonchev–Trinajstić information content (AvgIpc) is 2.72. The Morgan fingerprint density at radius 3 is 2.59 bits per heavy atom. The summed E-state index contributed by atoms with van der Waals surface area (Å²) < 4.78 is 30.5. The normalized spacial score (nSPS) is 33.1. The van der Waals surface area contributed by atoms with E-state index in [-0.39, 0.29) is 6.04 Å². The molecule has 5 rings (SSSR count). The van der Waals surface area contributed by atoms with Gasteiger partial charge in [0.2, 0.25) is 0 Å². The summed E-state index contributed by atoms with van der Waals surface area (Å²) in [6, 6.07) is 9.33. The maximum absolute atomic E-state index is 13.4. The van der Waals surface area contributed by atoms with Gasteiger partial charge in [-0.1, -0.05) is 30.7 Å². The number of benzene rings is 1. The van der Waals surface area contributed by atoms with Crippen molar-refractivity contribution in [1.29, 1.82) is 0 Å². The summed E-state index contributed by atoms with van der Waals surface area (Å²) in [5.41, 5.74) is 2.89. The third-order valence-corrected chi connectivity index (χ3v) is 9.33. The van der Waals surface area contributed by atoms with Crippen LogP contribution in [0.2, 0.25) is 0 Å². The summed E-state index contributed by atoms with van der Waals surface area (Å²) in [6.07, 6.45) is 7.42. The van der Waals surface area contributed by atoms with E-state index in [1.807, 2.05) is 4.31 Å². The van der Waals surface area contributed by atoms with E-state index >= 15 is 0 Å². The lowest BCUT2D eigenvalue weighted by atomic mass is 9.77. The summed E-state index contributed by atoms with van der Waals surface area (Å²) in [4.78, 5) is 2.63. The second-order valence-corrected chi connectivity index (χ2v) is 10.6. The van der Waals surface area contributed by atoms with E-state index in [1.165, 1.54) is 17.5 Å². The van der Waals surface area contributed by atoms with Gasteiger partial charge in [-0.25, -0.2) is 0 Å². The minimum atomic E-state index is -3.32. The second-order valence-electron chi connectivity index (χ2n) is 8.74. The smallest absolute Gasteiger partial charge is 0.282 e. The molecular formula is C21H31N3O2S. The fraction of sp³-hybridized carbons (Fsp3) is 0.714. The van der Waals surface area contributed by atoms with Crippen molar-refractivity contribution >= 4 is 10.2 Å². The van der Waals surface area contributed by atoms with E-state index < -0.39 is 10.2 Å². The van der Waals surface area contributed by atoms with Crippen LogP contribution in [0.4, 0.5) is 0 Å². The van der Waals surface area contributed by atoms with Gasteiger partial charge < -0.3 is 0 Å². The van der Waals surface area contributed by atoms with Crippen LogP contribution < -0.4 is 0 Å². The number of fused-ring (bicyclic) bond motifs is 4. The van der Waals surface area contributed by atoms with Gasteiger partial charge in [0.15, 0.2) is 0 Å². The van der Waals surface area contributed by atoms with Gasteiger partial charge in [-0.05, 0) is 55.6 Å². The van der Waals surface area contributed by atoms with Crippen LogP contribution in [0.15, 0.2) is 24.3 Å². The first-order chi connectivity index (χ1) is 13.1. The Morgan fingerprint density at radius 2 is 1.74 bits per heavy atom. The van der Waals surface area contributed by atoms with Crippen LogP contribution in [0.25, 0.3) is 0 Å². The fourth-order valence-electron chi connectivity index (χ4n) is 5.88. The van der Waals surface area contributed by atoms with Crippen molar-refractivity contribution in [3.05, 3.63) is 35.4 Å². The predicted molar refractivity (Wildman–Crippen MR) is 107 cm³/mol. The molecule has 3 saturated heterocycles. The van der Waals surface area contributed by atoms with Gasteiger partial charge in [0.25, 0.3) is 10.2 Å². The highest BCUT2D eigenvalue weighted by Crippen LogP contribution is 2.43. The molecule has 27 heavy (non-hydrogen) atoms. The average molecular weight is 390 g/mol. The lowest BCUT2D eigenvalue weighted by Gasteiger charge is -2.52. The molecule has 4 aliphatic heterocycles. The first kappa shape index (κ1) is 18.1. The van der Waals surface area contributed by atoms with E-state index in [0.29, 0.717) is 31.6 Å². The molecule has 0 unspecified atom stereocenters. The SMILES string of the molecule is O=S(=O)(N1CCCCC1)N1CCC[C@@H]2CN3CCc4ccccc4[C@@H]3C[C@@H]21. The fourth-order valence-corrected chi connectivity index (χ4v) is 7.86.